The molecule has 2 saturated heterocycles. The number of amides is 2. The fourth-order valence-corrected chi connectivity index (χ4v) is 5.44. The number of aryl methyl sites for hydroxylation is 1. The number of anilines is 2. The van der Waals surface area contributed by atoms with E-state index in [1.165, 1.54) is 0 Å². The molecule has 6 rings (SSSR count). The predicted molar refractivity (Wildman–Crippen MR) is 148 cm³/mol. The van der Waals surface area contributed by atoms with E-state index in [1.807, 2.05) is 49.1 Å². The van der Waals surface area contributed by atoms with Crippen molar-refractivity contribution >= 4 is 34.4 Å². The molecule has 3 N–H and O–H groups in total. The molecule has 4 aromatic rings. The third-order valence-electron chi connectivity index (χ3n) is 7.63. The van der Waals surface area contributed by atoms with Gasteiger partial charge in [-0.2, -0.15) is 5.10 Å². The van der Waals surface area contributed by atoms with E-state index >= 15 is 0 Å². The van der Waals surface area contributed by atoms with Crippen molar-refractivity contribution in [3.05, 3.63) is 71.7 Å². The van der Waals surface area contributed by atoms with Gasteiger partial charge in [-0.3, -0.25) is 9.59 Å². The van der Waals surface area contributed by atoms with Crippen molar-refractivity contribution in [1.29, 1.82) is 0 Å². The van der Waals surface area contributed by atoms with E-state index in [-0.39, 0.29) is 17.7 Å². The molecule has 2 amide bonds. The molecule has 0 radical (unpaired) electrons. The number of pyridine rings is 2. The minimum atomic E-state index is -0.429. The molecule has 1 atom stereocenters. The summed E-state index contributed by atoms with van der Waals surface area (Å²) < 4.78 is 7.12. The summed E-state index contributed by atoms with van der Waals surface area (Å²) >= 11 is 0. The maximum Gasteiger partial charge on any atom is 0.256 e. The molecule has 0 spiro atoms. The number of nitrogens with two attached hydrogens (primary N) is 1. The number of aromatic nitrogens is 4. The Morgan fingerprint density at radius 1 is 1.10 bits per heavy atom. The molecule has 39 heavy (non-hydrogen) atoms. The van der Waals surface area contributed by atoms with Crippen molar-refractivity contribution in [3.63, 3.8) is 0 Å². The molecule has 10 nitrogen and oxygen atoms in total. The Balaban J connectivity index is 1.29. The largest absolute Gasteiger partial charge is 0.382 e. The summed E-state index contributed by atoms with van der Waals surface area (Å²) in [6, 6.07) is 12.8. The Kier molecular flexibility index (Phi) is 6.26. The van der Waals surface area contributed by atoms with Crippen LogP contribution >= 0.6 is 0 Å². The maximum absolute atomic E-state index is 13.2. The van der Waals surface area contributed by atoms with E-state index in [9.17, 15) is 9.59 Å². The second-order valence-corrected chi connectivity index (χ2v) is 10.8. The van der Waals surface area contributed by atoms with Crippen molar-refractivity contribution in [1.82, 2.24) is 24.6 Å². The van der Waals surface area contributed by atoms with Gasteiger partial charge in [0.1, 0.15) is 17.2 Å². The number of carbonyl (C=O) groups excluding carboxylic acids is 2. The summed E-state index contributed by atoms with van der Waals surface area (Å²) in [7, 11) is 0. The molecule has 5 heterocycles. The number of carbonyl (C=O) groups is 2. The topological polar surface area (TPSA) is 128 Å². The number of nitrogens with one attached hydrogen (secondary N) is 1. The normalized spacial score (nSPS) is 18.5. The number of ether oxygens (including phenoxy) is 1. The van der Waals surface area contributed by atoms with Gasteiger partial charge in [-0.25, -0.2) is 14.6 Å². The lowest BCUT2D eigenvalue weighted by Crippen LogP contribution is -2.55. The molecular weight excluding hydrogens is 494 g/mol. The molecule has 2 aliphatic heterocycles. The van der Waals surface area contributed by atoms with Crippen molar-refractivity contribution < 1.29 is 14.3 Å². The van der Waals surface area contributed by atoms with Crippen LogP contribution in [0.25, 0.3) is 16.6 Å². The number of rotatable bonds is 5. The summed E-state index contributed by atoms with van der Waals surface area (Å²) in [6.45, 7) is 6.22. The molecular formula is C29H31N7O3. The summed E-state index contributed by atoms with van der Waals surface area (Å²) in [5.74, 6) is 0.859. The zero-order chi connectivity index (χ0) is 27.1. The standard InChI is InChI=1S/C29H31N7O3/c1-18-9-11-31-23(14-18)33-27(37)19-5-7-21(8-6-19)36-25-22(10-12-32-26(25)30)24(34-36)20-4-3-13-35(15-20)28(38)29(2)16-39-17-29/h5-12,14,20H,3-4,13,15-17H2,1-2H3,(H2,30,32)(H,31,33,37)/t20-/m1/s1. The number of hydrogen-bond donors (Lipinski definition) is 2. The summed E-state index contributed by atoms with van der Waals surface area (Å²) in [4.78, 5) is 36.5. The van der Waals surface area contributed by atoms with Crippen molar-refractivity contribution in [2.45, 2.75) is 32.6 Å². The summed E-state index contributed by atoms with van der Waals surface area (Å²) in [5.41, 5.74) is 9.82. The fourth-order valence-electron chi connectivity index (χ4n) is 5.44. The smallest absolute Gasteiger partial charge is 0.256 e. The number of nitrogens with zero attached hydrogens (tertiary/aromatic N) is 5. The van der Waals surface area contributed by atoms with Crippen LogP contribution in [0.15, 0.2) is 54.9 Å². The quantitative estimate of drug-likeness (QED) is 0.407. The van der Waals surface area contributed by atoms with Crippen LogP contribution in [0.2, 0.25) is 0 Å². The first-order chi connectivity index (χ1) is 18.8. The zero-order valence-corrected chi connectivity index (χ0v) is 22.1. The molecule has 200 valence electrons. The Morgan fingerprint density at radius 3 is 2.59 bits per heavy atom. The minimum absolute atomic E-state index is 0.0738. The highest BCUT2D eigenvalue weighted by Crippen LogP contribution is 2.37. The van der Waals surface area contributed by atoms with Crippen LogP contribution in [0.4, 0.5) is 11.6 Å². The molecule has 2 fully saturated rings. The van der Waals surface area contributed by atoms with E-state index in [4.69, 9.17) is 15.6 Å². The first-order valence-electron chi connectivity index (χ1n) is 13.2. The van der Waals surface area contributed by atoms with Crippen LogP contribution in [0.3, 0.4) is 0 Å². The highest BCUT2D eigenvalue weighted by molar-refractivity contribution is 6.04. The molecule has 0 unspecified atom stereocenters. The molecule has 0 saturated carbocycles. The van der Waals surface area contributed by atoms with Crippen molar-refractivity contribution in [2.75, 3.05) is 37.4 Å². The average Bonchev–Trinajstić information content (AvgIpc) is 3.32. The Labute approximate surface area is 226 Å². The lowest BCUT2D eigenvalue weighted by atomic mass is 9.85. The highest BCUT2D eigenvalue weighted by atomic mass is 16.5. The number of hydrogen-bond acceptors (Lipinski definition) is 7. The van der Waals surface area contributed by atoms with E-state index in [0.717, 1.165) is 47.2 Å². The van der Waals surface area contributed by atoms with Crippen LogP contribution in [-0.4, -0.2) is 62.8 Å². The van der Waals surface area contributed by atoms with Crippen LogP contribution in [0, 0.1) is 12.3 Å². The number of likely N-dealkylation sites (tertiary alicyclic amines) is 1. The van der Waals surface area contributed by atoms with Gasteiger partial charge in [-0.15, -0.1) is 0 Å². The van der Waals surface area contributed by atoms with Gasteiger partial charge < -0.3 is 20.7 Å². The maximum atomic E-state index is 13.2. The van der Waals surface area contributed by atoms with Gasteiger partial charge in [0, 0.05) is 42.4 Å². The first-order valence-corrected chi connectivity index (χ1v) is 13.2. The van der Waals surface area contributed by atoms with Crippen LogP contribution in [-0.2, 0) is 9.53 Å². The van der Waals surface area contributed by atoms with Gasteiger partial charge >= 0.3 is 0 Å². The minimum Gasteiger partial charge on any atom is -0.382 e. The third-order valence-corrected chi connectivity index (χ3v) is 7.63. The number of fused-ring (bicyclic) bond motifs is 1. The number of benzene rings is 1. The van der Waals surface area contributed by atoms with E-state index in [0.29, 0.717) is 37.0 Å². The first kappa shape index (κ1) is 25.0. The molecule has 2 aliphatic rings. The molecule has 1 aromatic carbocycles. The third kappa shape index (κ3) is 4.61. The molecule has 0 bridgehead atoms. The van der Waals surface area contributed by atoms with Crippen LogP contribution in [0.1, 0.15) is 47.3 Å². The van der Waals surface area contributed by atoms with Crippen LogP contribution < -0.4 is 11.1 Å². The predicted octanol–water partition coefficient (Wildman–Crippen LogP) is 3.70. The van der Waals surface area contributed by atoms with Gasteiger partial charge in [0.25, 0.3) is 5.91 Å². The van der Waals surface area contributed by atoms with Gasteiger partial charge in [0.2, 0.25) is 5.91 Å². The van der Waals surface area contributed by atoms with Gasteiger partial charge in [-0.05, 0) is 74.7 Å². The fraction of sp³-hybridized carbons (Fsp3) is 0.345. The van der Waals surface area contributed by atoms with Crippen molar-refractivity contribution in [2.24, 2.45) is 5.41 Å². The van der Waals surface area contributed by atoms with Gasteiger partial charge in [0.05, 0.1) is 30.0 Å². The lowest BCUT2D eigenvalue weighted by Gasteiger charge is -2.42. The van der Waals surface area contributed by atoms with Crippen molar-refractivity contribution in [3.8, 4) is 5.69 Å². The highest BCUT2D eigenvalue weighted by Gasteiger charge is 2.44. The molecule has 3 aromatic heterocycles. The van der Waals surface area contributed by atoms with Crippen LogP contribution in [0.5, 0.6) is 0 Å². The van der Waals surface area contributed by atoms with E-state index in [1.54, 1.807) is 29.2 Å². The van der Waals surface area contributed by atoms with E-state index in [2.05, 4.69) is 15.3 Å². The number of nitrogen functional groups attached to an aromatic ring is 1. The molecule has 10 heteroatoms. The SMILES string of the molecule is Cc1ccnc(NC(=O)c2ccc(-n3nc([C@@H]4CCCN(C(=O)C5(C)COC5)C4)c4ccnc(N)c43)cc2)c1. The second kappa shape index (κ2) is 9.77. The van der Waals surface area contributed by atoms with E-state index < -0.39 is 5.41 Å². The zero-order valence-electron chi connectivity index (χ0n) is 22.1. The average molecular weight is 526 g/mol. The van der Waals surface area contributed by atoms with Gasteiger partial charge in [-0.1, -0.05) is 0 Å². The van der Waals surface area contributed by atoms with Gasteiger partial charge in [0.15, 0.2) is 0 Å². The lowest BCUT2D eigenvalue weighted by molar-refractivity contribution is -0.169. The summed E-state index contributed by atoms with van der Waals surface area (Å²) in [6.07, 6.45) is 5.19. The number of piperidine rings is 1. The second-order valence-electron chi connectivity index (χ2n) is 10.8. The summed E-state index contributed by atoms with van der Waals surface area (Å²) in [5, 5.41) is 8.77. The Morgan fingerprint density at radius 2 is 1.87 bits per heavy atom. The Bertz CT molecular complexity index is 1560. The monoisotopic (exact) mass is 525 g/mol. The Hall–Kier alpha value is -4.31. The molecule has 0 aliphatic carbocycles.